The van der Waals surface area contributed by atoms with E-state index in [0.29, 0.717) is 23.4 Å². The third-order valence-corrected chi connectivity index (χ3v) is 6.22. The molecule has 0 radical (unpaired) electrons. The van der Waals surface area contributed by atoms with Gasteiger partial charge in [-0.15, -0.1) is 0 Å². The molecule has 164 valence electrons. The molecule has 6 heteroatoms. The van der Waals surface area contributed by atoms with Gasteiger partial charge in [-0.3, -0.25) is 0 Å². The number of thiocarbonyl (C=S) groups is 1. The first-order chi connectivity index (χ1) is 16.1. The first-order valence-corrected chi connectivity index (χ1v) is 11.3. The zero-order valence-electron chi connectivity index (χ0n) is 18.5. The molecule has 0 spiro atoms. The average Bonchev–Trinajstić information content (AvgIpc) is 3.33. The number of nitrogens with zero attached hydrogens (tertiary/aromatic N) is 3. The summed E-state index contributed by atoms with van der Waals surface area (Å²) < 4.78 is 5.80. The first-order valence-electron chi connectivity index (χ1n) is 10.9. The Morgan fingerprint density at radius 3 is 2.27 bits per heavy atom. The van der Waals surface area contributed by atoms with E-state index in [4.69, 9.17) is 21.7 Å². The van der Waals surface area contributed by atoms with Gasteiger partial charge in [-0.25, -0.2) is 0 Å². The summed E-state index contributed by atoms with van der Waals surface area (Å²) in [5, 5.41) is 8.45. The Morgan fingerprint density at radius 2 is 1.58 bits per heavy atom. The Hall–Kier alpha value is -3.77. The van der Waals surface area contributed by atoms with Crippen LogP contribution in [0.5, 0.6) is 0 Å². The monoisotopic (exact) mass is 452 g/mol. The van der Waals surface area contributed by atoms with Gasteiger partial charge in [0.1, 0.15) is 0 Å². The highest BCUT2D eigenvalue weighted by Crippen LogP contribution is 2.37. The highest BCUT2D eigenvalue weighted by molar-refractivity contribution is 7.80. The molecule has 5 nitrogen and oxygen atoms in total. The lowest BCUT2D eigenvalue weighted by Gasteiger charge is -2.37. The van der Waals surface area contributed by atoms with Crippen molar-refractivity contribution in [3.05, 3.63) is 113 Å². The van der Waals surface area contributed by atoms with Gasteiger partial charge in [0.15, 0.2) is 5.11 Å². The summed E-state index contributed by atoms with van der Waals surface area (Å²) in [6.07, 6.45) is 0. The molecule has 33 heavy (non-hydrogen) atoms. The molecule has 1 atom stereocenters. The van der Waals surface area contributed by atoms with Crippen molar-refractivity contribution >= 4 is 22.9 Å². The van der Waals surface area contributed by atoms with Crippen molar-refractivity contribution in [3.63, 3.8) is 0 Å². The molecule has 0 aliphatic carbocycles. The largest absolute Gasteiger partial charge is 0.351 e. The molecule has 1 aliphatic rings. The molecule has 1 aliphatic heterocycles. The molecular formula is C27H24N4OS. The highest BCUT2D eigenvalue weighted by atomic mass is 32.1. The van der Waals surface area contributed by atoms with E-state index in [0.717, 1.165) is 22.4 Å². The van der Waals surface area contributed by atoms with Crippen LogP contribution in [-0.2, 0) is 6.54 Å². The van der Waals surface area contributed by atoms with Crippen LogP contribution in [0.1, 0.15) is 35.5 Å². The van der Waals surface area contributed by atoms with Crippen LogP contribution in [0.2, 0.25) is 0 Å². The van der Waals surface area contributed by atoms with Crippen molar-refractivity contribution < 1.29 is 4.52 Å². The molecule has 1 aromatic heterocycles. The number of aromatic nitrogens is 2. The zero-order valence-corrected chi connectivity index (χ0v) is 19.3. The summed E-state index contributed by atoms with van der Waals surface area (Å²) in [5.41, 5.74) is 6.33. The molecule has 0 saturated carbocycles. The molecule has 3 aromatic carbocycles. The predicted octanol–water partition coefficient (Wildman–Crippen LogP) is 5.91. The van der Waals surface area contributed by atoms with Crippen molar-refractivity contribution in [2.24, 2.45) is 0 Å². The maximum absolute atomic E-state index is 5.80. The lowest BCUT2D eigenvalue weighted by molar-refractivity contribution is 0.396. The molecule has 2 heterocycles. The van der Waals surface area contributed by atoms with Crippen LogP contribution >= 0.6 is 12.2 Å². The van der Waals surface area contributed by atoms with Gasteiger partial charge in [-0.1, -0.05) is 95.6 Å². The minimum Gasteiger partial charge on any atom is -0.351 e. The van der Waals surface area contributed by atoms with Crippen molar-refractivity contribution in [2.75, 3.05) is 0 Å². The number of benzene rings is 3. The van der Waals surface area contributed by atoms with E-state index >= 15 is 0 Å². The molecule has 1 N–H and O–H groups in total. The van der Waals surface area contributed by atoms with Crippen LogP contribution in [0.4, 0.5) is 0 Å². The maximum Gasteiger partial charge on any atom is 0.258 e. The SMILES string of the molecule is CC1=C(c2nc(-c3ccccc3)no2)C(c2ccccc2)NC(=S)N1Cc1ccc(C)cc1. The average molecular weight is 453 g/mol. The van der Waals surface area contributed by atoms with Gasteiger partial charge in [0.25, 0.3) is 5.89 Å². The standard InChI is InChI=1S/C27H24N4OS/c1-18-13-15-20(16-14-18)17-31-19(2)23(24(28-27(31)33)21-9-5-3-6-10-21)26-29-25(30-32-26)22-11-7-4-8-12-22/h3-16,24H,17H2,1-2H3,(H,28,33). The number of nitrogens with one attached hydrogen (secondary N) is 1. The van der Waals surface area contributed by atoms with Gasteiger partial charge in [-0.05, 0) is 37.2 Å². The lowest BCUT2D eigenvalue weighted by Crippen LogP contribution is -2.45. The predicted molar refractivity (Wildman–Crippen MR) is 134 cm³/mol. The Labute approximate surface area is 198 Å². The van der Waals surface area contributed by atoms with Gasteiger partial charge >= 0.3 is 0 Å². The minimum atomic E-state index is -0.183. The molecule has 4 aromatic rings. The van der Waals surface area contributed by atoms with Gasteiger partial charge < -0.3 is 14.7 Å². The summed E-state index contributed by atoms with van der Waals surface area (Å²) in [7, 11) is 0. The normalized spacial score (nSPS) is 16.1. The molecule has 0 fully saturated rings. The van der Waals surface area contributed by atoms with Crippen LogP contribution in [0.15, 0.2) is 95.1 Å². The van der Waals surface area contributed by atoms with Gasteiger partial charge in [-0.2, -0.15) is 4.98 Å². The summed E-state index contributed by atoms with van der Waals surface area (Å²) in [6.45, 7) is 4.81. The van der Waals surface area contributed by atoms with Crippen LogP contribution < -0.4 is 5.32 Å². The Morgan fingerprint density at radius 1 is 0.909 bits per heavy atom. The third-order valence-electron chi connectivity index (χ3n) is 5.88. The summed E-state index contributed by atoms with van der Waals surface area (Å²) in [6, 6.07) is 28.4. The zero-order chi connectivity index (χ0) is 22.8. The smallest absolute Gasteiger partial charge is 0.258 e. The van der Waals surface area contributed by atoms with Gasteiger partial charge in [0.2, 0.25) is 5.82 Å². The molecule has 0 saturated heterocycles. The van der Waals surface area contributed by atoms with E-state index in [1.807, 2.05) is 48.5 Å². The number of aryl methyl sites for hydroxylation is 1. The van der Waals surface area contributed by atoms with Crippen LogP contribution in [-0.4, -0.2) is 20.2 Å². The second kappa shape index (κ2) is 9.00. The molecule has 1 unspecified atom stereocenters. The fourth-order valence-electron chi connectivity index (χ4n) is 4.06. The van der Waals surface area contributed by atoms with Crippen molar-refractivity contribution in [2.45, 2.75) is 26.4 Å². The molecular weight excluding hydrogens is 428 g/mol. The van der Waals surface area contributed by atoms with Crippen molar-refractivity contribution in [3.8, 4) is 11.4 Å². The van der Waals surface area contributed by atoms with E-state index < -0.39 is 0 Å². The highest BCUT2D eigenvalue weighted by Gasteiger charge is 2.34. The Bertz CT molecular complexity index is 1300. The molecule has 0 bridgehead atoms. The topological polar surface area (TPSA) is 54.2 Å². The maximum atomic E-state index is 5.80. The van der Waals surface area contributed by atoms with E-state index in [9.17, 15) is 0 Å². The van der Waals surface area contributed by atoms with Crippen LogP contribution in [0.25, 0.3) is 17.0 Å². The van der Waals surface area contributed by atoms with E-state index in [2.05, 4.69) is 65.6 Å². The summed E-state index contributed by atoms with van der Waals surface area (Å²) >= 11 is 5.80. The Kier molecular flexibility index (Phi) is 5.75. The quantitative estimate of drug-likeness (QED) is 0.380. The number of allylic oxidation sites excluding steroid dienone is 1. The van der Waals surface area contributed by atoms with E-state index in [-0.39, 0.29) is 6.04 Å². The van der Waals surface area contributed by atoms with Gasteiger partial charge in [0.05, 0.1) is 11.6 Å². The Balaban J connectivity index is 1.59. The second-order valence-corrected chi connectivity index (χ2v) is 8.54. The van der Waals surface area contributed by atoms with E-state index in [1.54, 1.807) is 0 Å². The fourth-order valence-corrected chi connectivity index (χ4v) is 4.38. The molecule has 5 rings (SSSR count). The lowest BCUT2D eigenvalue weighted by atomic mass is 9.94. The van der Waals surface area contributed by atoms with Crippen molar-refractivity contribution in [1.82, 2.24) is 20.4 Å². The number of hydrogen-bond donors (Lipinski definition) is 1. The summed E-state index contributed by atoms with van der Waals surface area (Å²) in [5.74, 6) is 1.06. The first kappa shape index (κ1) is 21.1. The number of rotatable bonds is 5. The van der Waals surface area contributed by atoms with Crippen LogP contribution in [0.3, 0.4) is 0 Å². The number of hydrogen-bond acceptors (Lipinski definition) is 4. The third kappa shape index (κ3) is 4.30. The van der Waals surface area contributed by atoms with E-state index in [1.165, 1.54) is 11.1 Å². The minimum absolute atomic E-state index is 0.183. The summed E-state index contributed by atoms with van der Waals surface area (Å²) in [4.78, 5) is 6.86. The fraction of sp³-hybridized carbons (Fsp3) is 0.148. The van der Waals surface area contributed by atoms with Crippen molar-refractivity contribution in [1.29, 1.82) is 0 Å². The van der Waals surface area contributed by atoms with Gasteiger partial charge in [0, 0.05) is 17.8 Å². The molecule has 0 amide bonds. The van der Waals surface area contributed by atoms with Crippen LogP contribution in [0, 0.1) is 6.92 Å². The second-order valence-electron chi connectivity index (χ2n) is 8.15.